The summed E-state index contributed by atoms with van der Waals surface area (Å²) >= 11 is 0. The Bertz CT molecular complexity index is 2350. The number of esters is 1. The van der Waals surface area contributed by atoms with Gasteiger partial charge in [0.25, 0.3) is 18.4 Å². The lowest BCUT2D eigenvalue weighted by Crippen LogP contribution is -2.67. The second-order valence-corrected chi connectivity index (χ2v) is 24.1. The number of aliphatic hydroxyl groups is 2. The Morgan fingerprint density at radius 2 is 1.39 bits per heavy atom. The van der Waals surface area contributed by atoms with Crippen molar-refractivity contribution in [3.05, 3.63) is 126 Å². The third-order valence-electron chi connectivity index (χ3n) is 11.4. The lowest BCUT2D eigenvalue weighted by atomic mass is 9.82. The molecule has 0 amide bonds. The summed E-state index contributed by atoms with van der Waals surface area (Å²) in [6.07, 6.45) is -0.549. The van der Waals surface area contributed by atoms with Gasteiger partial charge in [0, 0.05) is 24.3 Å². The van der Waals surface area contributed by atoms with Crippen LogP contribution >= 0.6 is 0 Å². The van der Waals surface area contributed by atoms with Crippen LogP contribution in [0.1, 0.15) is 90.5 Å². The summed E-state index contributed by atoms with van der Waals surface area (Å²) in [5.74, 6) is -2.44. The van der Waals surface area contributed by atoms with Gasteiger partial charge in [-0.2, -0.15) is 8.42 Å². The largest absolute Gasteiger partial charge is 0.469 e. The molecule has 0 fully saturated rings. The normalized spacial score (nSPS) is 14.6. The topological polar surface area (TPSA) is 151 Å². The molecule has 11 nitrogen and oxygen atoms in total. The zero-order valence-electron chi connectivity index (χ0n) is 37.5. The Balaban J connectivity index is 1.69. The Morgan fingerprint density at radius 3 is 1.90 bits per heavy atom. The van der Waals surface area contributed by atoms with Crippen LogP contribution in [0, 0.1) is 12.8 Å². The van der Waals surface area contributed by atoms with E-state index in [9.17, 15) is 28.2 Å². The fourth-order valence-corrected chi connectivity index (χ4v) is 14.0. The zero-order chi connectivity index (χ0) is 45.5. The summed E-state index contributed by atoms with van der Waals surface area (Å²) in [5, 5.41) is 25.1. The number of benzene rings is 4. The van der Waals surface area contributed by atoms with Crippen LogP contribution < -0.4 is 10.4 Å². The summed E-state index contributed by atoms with van der Waals surface area (Å²) in [7, 11) is -6.18. The van der Waals surface area contributed by atoms with E-state index in [1.54, 1.807) is 52.0 Å². The molecule has 5 rings (SSSR count). The predicted octanol–water partition coefficient (Wildman–Crippen LogP) is 8.04. The van der Waals surface area contributed by atoms with Gasteiger partial charge in [-0.3, -0.25) is 8.98 Å². The monoisotopic (exact) mass is 885 g/mol. The third kappa shape index (κ3) is 10.9. The highest BCUT2D eigenvalue weighted by Crippen LogP contribution is 2.41. The number of rotatable bonds is 18. The average molecular weight is 886 g/mol. The van der Waals surface area contributed by atoms with E-state index in [1.807, 2.05) is 55.5 Å². The second-order valence-electron chi connectivity index (χ2n) is 18.1. The molecule has 1 aromatic heterocycles. The number of aryl methyl sites for hydroxylation is 1. The highest BCUT2D eigenvalue weighted by molar-refractivity contribution is 7.86. The van der Waals surface area contributed by atoms with Crippen LogP contribution in [0.25, 0.3) is 10.9 Å². The summed E-state index contributed by atoms with van der Waals surface area (Å²) in [6.45, 7) is 14.5. The SMILES string of the molecule is CC[C@](O)(COS(=O)(=O)c1ccc(C)cc1)C[C@H](CO[Si](c1ccccc1)(c1ccccc1)C(C)(C)C)CC(C(=O)OC)c1c(CCO)c2ccccc2n1C(=O)OC(C)(C)C. The fraction of sp³-hybridized carbons (Fsp3) is 0.429. The second kappa shape index (κ2) is 19.8. The maximum atomic E-state index is 14.4. The number of carbonyl (C=O) groups is 2. The molecule has 0 bridgehead atoms. The fourth-order valence-electron chi connectivity index (χ4n) is 8.38. The molecule has 0 radical (unpaired) electrons. The molecule has 0 aliphatic rings. The van der Waals surface area contributed by atoms with Crippen molar-refractivity contribution in [2.45, 2.75) is 108 Å². The van der Waals surface area contributed by atoms with Gasteiger partial charge in [-0.15, -0.1) is 0 Å². The van der Waals surface area contributed by atoms with Crippen molar-refractivity contribution < 1.29 is 46.3 Å². The maximum Gasteiger partial charge on any atom is 0.419 e. The van der Waals surface area contributed by atoms with E-state index in [-0.39, 0.29) is 43.8 Å². The highest BCUT2D eigenvalue weighted by Gasteiger charge is 2.51. The van der Waals surface area contributed by atoms with Crippen LogP contribution in [0.5, 0.6) is 0 Å². The van der Waals surface area contributed by atoms with Crippen LogP contribution in [-0.4, -0.2) is 81.7 Å². The van der Waals surface area contributed by atoms with Gasteiger partial charge >= 0.3 is 12.1 Å². The van der Waals surface area contributed by atoms with Crippen molar-refractivity contribution in [2.75, 3.05) is 26.9 Å². The van der Waals surface area contributed by atoms with Crippen molar-refractivity contribution in [2.24, 2.45) is 5.92 Å². The molecule has 3 atom stereocenters. The Labute approximate surface area is 368 Å². The van der Waals surface area contributed by atoms with Gasteiger partial charge in [0.15, 0.2) is 0 Å². The number of ether oxygens (including phenoxy) is 2. The molecule has 0 spiro atoms. The van der Waals surface area contributed by atoms with E-state index >= 15 is 0 Å². The number of nitrogens with zero attached hydrogens (tertiary/aromatic N) is 1. The minimum Gasteiger partial charge on any atom is -0.469 e. The molecule has 0 aliphatic carbocycles. The summed E-state index contributed by atoms with van der Waals surface area (Å²) in [6, 6.07) is 33.6. The van der Waals surface area contributed by atoms with Gasteiger partial charge in [-0.25, -0.2) is 9.36 Å². The molecule has 334 valence electrons. The number of hydrogen-bond acceptors (Lipinski definition) is 10. The van der Waals surface area contributed by atoms with E-state index in [0.717, 1.165) is 15.9 Å². The first-order valence-electron chi connectivity index (χ1n) is 21.2. The van der Waals surface area contributed by atoms with Crippen molar-refractivity contribution in [1.82, 2.24) is 4.57 Å². The van der Waals surface area contributed by atoms with E-state index in [1.165, 1.54) is 23.8 Å². The molecule has 1 unspecified atom stereocenters. The molecule has 1 heterocycles. The lowest BCUT2D eigenvalue weighted by Gasteiger charge is -2.44. The van der Waals surface area contributed by atoms with Crippen molar-refractivity contribution in [1.29, 1.82) is 0 Å². The first kappa shape index (κ1) is 48.4. The van der Waals surface area contributed by atoms with Crippen LogP contribution in [0.3, 0.4) is 0 Å². The van der Waals surface area contributed by atoms with E-state index in [2.05, 4.69) is 45.0 Å². The lowest BCUT2D eigenvalue weighted by molar-refractivity contribution is -0.143. The summed E-state index contributed by atoms with van der Waals surface area (Å²) in [4.78, 5) is 28.6. The number of methoxy groups -OCH3 is 1. The number of hydrogen-bond donors (Lipinski definition) is 2. The molecule has 0 saturated carbocycles. The van der Waals surface area contributed by atoms with E-state index in [4.69, 9.17) is 18.1 Å². The number of para-hydroxylation sites is 1. The van der Waals surface area contributed by atoms with Crippen LogP contribution in [0.4, 0.5) is 4.79 Å². The van der Waals surface area contributed by atoms with Crippen LogP contribution in [0.15, 0.2) is 114 Å². The molecule has 62 heavy (non-hydrogen) atoms. The van der Waals surface area contributed by atoms with Crippen molar-refractivity contribution in [3.63, 3.8) is 0 Å². The Kier molecular flexibility index (Phi) is 15.5. The number of aliphatic hydroxyl groups excluding tert-OH is 1. The first-order chi connectivity index (χ1) is 29.2. The number of aromatic nitrogens is 1. The smallest absolute Gasteiger partial charge is 0.419 e. The molecule has 0 aliphatic heterocycles. The molecule has 0 saturated heterocycles. The molecular weight excluding hydrogens is 823 g/mol. The standard InChI is InChI=1S/C49H63NO10SSi/c1-10-49(54,34-58-61(55,56)37-27-25-35(2)26-28-37)32-36(33-59-62(48(6,7)8,38-19-13-11-14-20-38)39-21-15-12-16-22-39)31-42(45(52)57-9)44-41(29-30-51)40-23-17-18-24-43(40)50(44)46(53)60-47(3,4)5/h11-28,36,42,51,54H,10,29-34H2,1-9H3/t36-,42?,49-/m1/s1. The molecule has 5 aromatic rings. The van der Waals surface area contributed by atoms with Crippen molar-refractivity contribution >= 4 is 51.8 Å². The maximum absolute atomic E-state index is 14.4. The molecule has 13 heteroatoms. The number of carbonyl (C=O) groups excluding carboxylic acids is 2. The van der Waals surface area contributed by atoms with Crippen LogP contribution in [0.2, 0.25) is 5.04 Å². The first-order valence-corrected chi connectivity index (χ1v) is 24.5. The molecule has 2 N–H and O–H groups in total. The van der Waals surface area contributed by atoms with E-state index in [0.29, 0.717) is 22.2 Å². The van der Waals surface area contributed by atoms with Crippen molar-refractivity contribution in [3.8, 4) is 0 Å². The van der Waals surface area contributed by atoms with Gasteiger partial charge in [0.1, 0.15) is 5.60 Å². The quantitative estimate of drug-likeness (QED) is 0.0503. The van der Waals surface area contributed by atoms with Gasteiger partial charge in [-0.05, 0) is 98.5 Å². The summed E-state index contributed by atoms with van der Waals surface area (Å²) in [5.41, 5.74) is -0.353. The average Bonchev–Trinajstić information content (AvgIpc) is 3.55. The minimum atomic E-state index is -4.26. The molecule has 4 aromatic carbocycles. The zero-order valence-corrected chi connectivity index (χ0v) is 39.3. The third-order valence-corrected chi connectivity index (χ3v) is 17.7. The summed E-state index contributed by atoms with van der Waals surface area (Å²) < 4.78 is 52.8. The minimum absolute atomic E-state index is 0.00452. The highest BCUT2D eigenvalue weighted by atomic mass is 32.2. The van der Waals surface area contributed by atoms with Gasteiger partial charge in [-0.1, -0.05) is 124 Å². The van der Waals surface area contributed by atoms with Gasteiger partial charge in [0.05, 0.1) is 35.6 Å². The number of fused-ring (bicyclic) bond motifs is 1. The Morgan fingerprint density at radius 1 is 0.823 bits per heavy atom. The van der Waals surface area contributed by atoms with Gasteiger partial charge in [0.2, 0.25) is 0 Å². The van der Waals surface area contributed by atoms with Crippen LogP contribution in [-0.2, 0) is 39.4 Å². The predicted molar refractivity (Wildman–Crippen MR) is 245 cm³/mol. The van der Waals surface area contributed by atoms with Gasteiger partial charge < -0.3 is 24.1 Å². The molecular formula is C49H63NO10SSi. The van der Waals surface area contributed by atoms with E-state index < -0.39 is 65.2 Å². The Hall–Kier alpha value is -4.63.